The Hall–Kier alpha value is -3.19. The lowest BCUT2D eigenvalue weighted by atomic mass is 9.71. The van der Waals surface area contributed by atoms with E-state index in [0.717, 1.165) is 17.7 Å². The van der Waals surface area contributed by atoms with Crippen molar-refractivity contribution in [3.05, 3.63) is 59.1 Å². The highest BCUT2D eigenvalue weighted by Crippen LogP contribution is 2.62. The topological polar surface area (TPSA) is 85.3 Å². The Kier molecular flexibility index (Phi) is 4.21. The van der Waals surface area contributed by atoms with E-state index in [-0.39, 0.29) is 47.5 Å². The Balaban J connectivity index is 1.29. The second-order valence-electron chi connectivity index (χ2n) is 8.79. The Morgan fingerprint density at radius 1 is 1.00 bits per heavy atom. The first-order chi connectivity index (χ1) is 15.4. The summed E-state index contributed by atoms with van der Waals surface area (Å²) >= 11 is 6.03. The van der Waals surface area contributed by atoms with E-state index in [1.807, 2.05) is 24.3 Å². The Bertz CT molecular complexity index is 1180. The number of amides is 2. The predicted octanol–water partition coefficient (Wildman–Crippen LogP) is 3.44. The zero-order valence-corrected chi connectivity index (χ0v) is 17.9. The molecule has 0 spiro atoms. The van der Waals surface area contributed by atoms with E-state index in [1.54, 1.807) is 24.3 Å². The first-order valence-corrected chi connectivity index (χ1v) is 11.0. The summed E-state index contributed by atoms with van der Waals surface area (Å²) in [5.74, 6) is -1.22. The van der Waals surface area contributed by atoms with Crippen LogP contribution in [0.3, 0.4) is 0 Å². The molecule has 162 valence electrons. The van der Waals surface area contributed by atoms with Crippen LogP contribution in [0.4, 0.5) is 5.69 Å². The molecular weight excluding hydrogens is 432 g/mol. The van der Waals surface area contributed by atoms with E-state index >= 15 is 0 Å². The highest BCUT2D eigenvalue weighted by Gasteiger charge is 2.70. The lowest BCUT2D eigenvalue weighted by Gasteiger charge is -2.29. The Labute approximate surface area is 188 Å². The minimum absolute atomic E-state index is 0.00805. The van der Waals surface area contributed by atoms with Crippen molar-refractivity contribution >= 4 is 40.8 Å². The van der Waals surface area contributed by atoms with Crippen molar-refractivity contribution < 1.29 is 24.0 Å². The number of ether oxygens (including phenoxy) is 1. The molecule has 0 N–H and O–H groups in total. The number of oxime groups is 1. The third-order valence-corrected chi connectivity index (χ3v) is 7.44. The molecule has 2 saturated carbocycles. The minimum Gasteiger partial charge on any atom is -0.427 e. The summed E-state index contributed by atoms with van der Waals surface area (Å²) in [5, 5.41) is 4.99. The monoisotopic (exact) mass is 450 g/mol. The molecule has 4 aliphatic rings. The number of anilines is 1. The zero-order chi connectivity index (χ0) is 22.1. The van der Waals surface area contributed by atoms with Crippen molar-refractivity contribution in [2.75, 3.05) is 4.90 Å². The summed E-state index contributed by atoms with van der Waals surface area (Å²) in [7, 11) is 0. The number of imide groups is 1. The highest BCUT2D eigenvalue weighted by molar-refractivity contribution is 6.30. The van der Waals surface area contributed by atoms with Crippen LogP contribution >= 0.6 is 11.6 Å². The quantitative estimate of drug-likeness (QED) is 0.406. The molecule has 6 atom stereocenters. The molecule has 3 fully saturated rings. The molecule has 2 aromatic rings. The number of esters is 1. The average Bonchev–Trinajstić information content (AvgIpc) is 3.50. The second-order valence-corrected chi connectivity index (χ2v) is 9.23. The van der Waals surface area contributed by atoms with Gasteiger partial charge in [-0.3, -0.25) is 19.3 Å². The number of hydrogen-bond acceptors (Lipinski definition) is 6. The summed E-state index contributed by atoms with van der Waals surface area (Å²) in [6.45, 7) is 1.32. The van der Waals surface area contributed by atoms with Gasteiger partial charge in [-0.05, 0) is 54.3 Å². The first-order valence-electron chi connectivity index (χ1n) is 10.6. The van der Waals surface area contributed by atoms with Crippen molar-refractivity contribution in [2.24, 2.45) is 34.7 Å². The standard InChI is InChI=1S/C24H19ClN2O5/c1-11(28)31-15-8-6-14(7-9-15)27-23(29)18-16-10-17(19(18)24(27)30)22-20(16)21(26-32-22)12-2-4-13(25)5-3-12/h2-9,16-20,22H,10H2,1H3/t16-,17+,18-,19+,20+,22-/m1/s1. The maximum atomic E-state index is 13.4. The van der Waals surface area contributed by atoms with E-state index in [4.69, 9.17) is 21.2 Å². The van der Waals surface area contributed by atoms with Gasteiger partial charge in [0.05, 0.1) is 23.2 Å². The lowest BCUT2D eigenvalue weighted by Crippen LogP contribution is -2.41. The van der Waals surface area contributed by atoms with E-state index in [0.29, 0.717) is 16.5 Å². The second kappa shape index (κ2) is 6.90. The number of carbonyl (C=O) groups excluding carboxylic acids is 3. The van der Waals surface area contributed by atoms with E-state index in [9.17, 15) is 14.4 Å². The van der Waals surface area contributed by atoms with Crippen LogP contribution < -0.4 is 9.64 Å². The fraction of sp³-hybridized carbons (Fsp3) is 0.333. The fourth-order valence-corrected chi connectivity index (χ4v) is 6.19. The maximum absolute atomic E-state index is 13.4. The molecule has 6 rings (SSSR count). The SMILES string of the molecule is CC(=O)Oc1ccc(N2C(=O)[C@@H]3[C@H]4C[C@H]([C@H]5ON=C(c6ccc(Cl)cc6)[C@H]45)[C@@H]3C2=O)cc1. The van der Waals surface area contributed by atoms with Crippen LogP contribution in [0, 0.1) is 29.6 Å². The molecule has 0 radical (unpaired) electrons. The smallest absolute Gasteiger partial charge is 0.308 e. The number of hydrogen-bond donors (Lipinski definition) is 0. The van der Waals surface area contributed by atoms with Crippen LogP contribution in [0.15, 0.2) is 53.7 Å². The minimum atomic E-state index is -0.429. The van der Waals surface area contributed by atoms with Gasteiger partial charge in [-0.15, -0.1) is 0 Å². The molecule has 0 unspecified atom stereocenters. The summed E-state index contributed by atoms with van der Waals surface area (Å²) in [5.41, 5.74) is 2.25. The van der Waals surface area contributed by atoms with Crippen LogP contribution in [0.1, 0.15) is 18.9 Å². The van der Waals surface area contributed by atoms with Crippen LogP contribution in [-0.4, -0.2) is 29.6 Å². The normalized spacial score (nSPS) is 31.9. The van der Waals surface area contributed by atoms with E-state index in [1.165, 1.54) is 11.8 Å². The number of carbonyl (C=O) groups is 3. The van der Waals surface area contributed by atoms with Gasteiger partial charge < -0.3 is 9.57 Å². The van der Waals surface area contributed by atoms with Crippen molar-refractivity contribution in [3.63, 3.8) is 0 Å². The molecular formula is C24H19ClN2O5. The third-order valence-electron chi connectivity index (χ3n) is 7.19. The van der Waals surface area contributed by atoms with Gasteiger partial charge in [0.2, 0.25) is 11.8 Å². The van der Waals surface area contributed by atoms with Gasteiger partial charge in [-0.2, -0.15) is 0 Å². The predicted molar refractivity (Wildman–Crippen MR) is 115 cm³/mol. The molecule has 0 aromatic heterocycles. The van der Waals surface area contributed by atoms with Gasteiger partial charge in [0.1, 0.15) is 11.9 Å². The lowest BCUT2D eigenvalue weighted by molar-refractivity contribution is -0.132. The highest BCUT2D eigenvalue weighted by atomic mass is 35.5. The number of halogens is 1. The molecule has 2 bridgehead atoms. The average molecular weight is 451 g/mol. The van der Waals surface area contributed by atoms with E-state index < -0.39 is 5.97 Å². The van der Waals surface area contributed by atoms with E-state index in [2.05, 4.69) is 5.16 Å². The molecule has 2 aliphatic heterocycles. The van der Waals surface area contributed by atoms with Gasteiger partial charge >= 0.3 is 5.97 Å². The van der Waals surface area contributed by atoms with Gasteiger partial charge in [0.15, 0.2) is 0 Å². The van der Waals surface area contributed by atoms with Gasteiger partial charge in [-0.1, -0.05) is 28.9 Å². The summed E-state index contributed by atoms with van der Waals surface area (Å²) in [6.07, 6.45) is 0.600. The van der Waals surface area contributed by atoms with Crippen LogP contribution in [-0.2, 0) is 19.2 Å². The van der Waals surface area contributed by atoms with Gasteiger partial charge in [-0.25, -0.2) is 0 Å². The Morgan fingerprint density at radius 2 is 1.66 bits per heavy atom. The van der Waals surface area contributed by atoms with Crippen LogP contribution in [0.5, 0.6) is 5.75 Å². The first kappa shape index (κ1) is 19.5. The largest absolute Gasteiger partial charge is 0.427 e. The summed E-state index contributed by atoms with van der Waals surface area (Å²) < 4.78 is 5.05. The molecule has 7 nitrogen and oxygen atoms in total. The summed E-state index contributed by atoms with van der Waals surface area (Å²) in [6, 6.07) is 13.9. The molecule has 8 heteroatoms. The number of nitrogens with zero attached hydrogens (tertiary/aromatic N) is 2. The number of rotatable bonds is 3. The number of benzene rings is 2. The zero-order valence-electron chi connectivity index (χ0n) is 17.1. The van der Waals surface area contributed by atoms with Crippen molar-refractivity contribution in [2.45, 2.75) is 19.4 Å². The van der Waals surface area contributed by atoms with Crippen molar-refractivity contribution in [1.82, 2.24) is 0 Å². The fourth-order valence-electron chi connectivity index (χ4n) is 6.07. The molecule has 2 amide bonds. The van der Waals surface area contributed by atoms with Crippen molar-refractivity contribution in [1.29, 1.82) is 0 Å². The van der Waals surface area contributed by atoms with Crippen LogP contribution in [0.25, 0.3) is 0 Å². The maximum Gasteiger partial charge on any atom is 0.308 e. The molecule has 2 heterocycles. The van der Waals surface area contributed by atoms with Crippen molar-refractivity contribution in [3.8, 4) is 5.75 Å². The summed E-state index contributed by atoms with van der Waals surface area (Å²) in [4.78, 5) is 45.0. The molecule has 2 aromatic carbocycles. The number of fused-ring (bicyclic) bond motifs is 8. The molecule has 1 saturated heterocycles. The molecule has 2 aliphatic carbocycles. The van der Waals surface area contributed by atoms with Crippen LogP contribution in [0.2, 0.25) is 5.02 Å². The van der Waals surface area contributed by atoms with Gasteiger partial charge in [0.25, 0.3) is 0 Å². The third kappa shape index (κ3) is 2.67. The molecule has 32 heavy (non-hydrogen) atoms. The van der Waals surface area contributed by atoms with Gasteiger partial charge in [0, 0.05) is 23.8 Å². The Morgan fingerprint density at radius 3 is 2.31 bits per heavy atom.